The Labute approximate surface area is 159 Å². The van der Waals surface area contributed by atoms with Crippen LogP contribution in [0.5, 0.6) is 5.75 Å². The Kier molecular flexibility index (Phi) is 7.07. The van der Waals surface area contributed by atoms with Crippen molar-refractivity contribution in [2.24, 2.45) is 0 Å². The number of H-pyrrole nitrogens is 1. The largest absolute Gasteiger partial charge is 0.502 e. The highest BCUT2D eigenvalue weighted by Gasteiger charge is 2.43. The fourth-order valence-corrected chi connectivity index (χ4v) is 5.23. The lowest BCUT2D eigenvalue weighted by atomic mass is 10.2. The second kappa shape index (κ2) is 8.51. The van der Waals surface area contributed by atoms with Crippen molar-refractivity contribution in [2.45, 2.75) is 24.9 Å². The smallest absolute Gasteiger partial charge is 0.490 e. The number of aromatic amines is 1. The van der Waals surface area contributed by atoms with Crippen LogP contribution >= 0.6 is 23.5 Å². The molecule has 20 heteroatoms. The van der Waals surface area contributed by atoms with E-state index in [0.717, 1.165) is 10.8 Å². The fraction of sp³-hybridized carbons (Fsp3) is 0.556. The highest BCUT2D eigenvalue weighted by molar-refractivity contribution is 7.66. The number of aliphatic hydroxyl groups is 1. The number of rotatable bonds is 8. The monoisotopic (exact) mass is 484 g/mol. The highest BCUT2D eigenvalue weighted by Crippen LogP contribution is 2.66. The van der Waals surface area contributed by atoms with Crippen molar-refractivity contribution in [2.75, 3.05) is 6.61 Å². The minimum Gasteiger partial charge on any atom is -0.502 e. The van der Waals surface area contributed by atoms with E-state index in [4.69, 9.17) is 19.4 Å². The molecule has 166 valence electrons. The Hall–Kier alpha value is -1.19. The lowest BCUT2D eigenvalue weighted by Gasteiger charge is -2.19. The van der Waals surface area contributed by atoms with Gasteiger partial charge in [0, 0.05) is 6.42 Å². The van der Waals surface area contributed by atoms with Crippen LogP contribution < -0.4 is 11.2 Å². The van der Waals surface area contributed by atoms with Crippen LogP contribution in [0.1, 0.15) is 12.6 Å². The van der Waals surface area contributed by atoms with Gasteiger partial charge in [0.05, 0.1) is 18.9 Å². The van der Waals surface area contributed by atoms with E-state index in [1.165, 1.54) is 0 Å². The van der Waals surface area contributed by atoms with E-state index in [1.54, 1.807) is 4.98 Å². The van der Waals surface area contributed by atoms with Crippen LogP contribution in [-0.4, -0.2) is 58.2 Å². The van der Waals surface area contributed by atoms with Crippen LogP contribution in [0.3, 0.4) is 0 Å². The topological polar surface area (TPSA) is 264 Å². The van der Waals surface area contributed by atoms with E-state index in [1.807, 2.05) is 0 Å². The lowest BCUT2D eigenvalue weighted by molar-refractivity contribution is -0.0451. The van der Waals surface area contributed by atoms with Crippen LogP contribution in [0.2, 0.25) is 0 Å². The van der Waals surface area contributed by atoms with E-state index < -0.39 is 65.5 Å². The summed E-state index contributed by atoms with van der Waals surface area (Å²) in [5.41, 5.74) is -2.05. The van der Waals surface area contributed by atoms with Gasteiger partial charge in [-0.05, 0) is 0 Å². The Balaban J connectivity index is 2.03. The summed E-state index contributed by atoms with van der Waals surface area (Å²) in [5.74, 6) is -0.820. The molecule has 0 radical (unpaired) electrons. The molecule has 1 aromatic rings. The van der Waals surface area contributed by atoms with Crippen LogP contribution in [0.25, 0.3) is 0 Å². The molecule has 1 aliphatic heterocycles. The van der Waals surface area contributed by atoms with E-state index in [-0.39, 0.29) is 6.42 Å². The summed E-state index contributed by atoms with van der Waals surface area (Å²) >= 11 is 0. The molecule has 2 rings (SSSR count). The molecular formula is C9H15N2O15P3. The van der Waals surface area contributed by atoms with Crippen molar-refractivity contribution in [3.8, 4) is 5.75 Å². The minimum atomic E-state index is -5.70. The van der Waals surface area contributed by atoms with Crippen molar-refractivity contribution in [1.82, 2.24) is 9.55 Å². The molecule has 1 saturated heterocycles. The number of nitrogens with zero attached hydrogens (tertiary/aromatic N) is 1. The second-order valence-corrected chi connectivity index (χ2v) is 9.92. The van der Waals surface area contributed by atoms with Gasteiger partial charge in [-0.3, -0.25) is 18.9 Å². The number of hydrogen-bond acceptors (Lipinski definition) is 11. The minimum absolute atomic E-state index is 0.282. The molecule has 17 nitrogen and oxygen atoms in total. The molecule has 7 N–H and O–H groups in total. The first-order chi connectivity index (χ1) is 13.1. The van der Waals surface area contributed by atoms with Gasteiger partial charge < -0.3 is 34.5 Å². The maximum atomic E-state index is 11.7. The number of nitrogens with one attached hydrogen (secondary N) is 1. The molecule has 29 heavy (non-hydrogen) atoms. The van der Waals surface area contributed by atoms with Gasteiger partial charge in [-0.25, -0.2) is 18.5 Å². The number of hydrogen-bond donors (Lipinski definition) is 7. The predicted octanol–water partition coefficient (Wildman–Crippen LogP) is -1.77. The average Bonchev–Trinajstić information content (AvgIpc) is 2.86. The first kappa shape index (κ1) is 24.1. The summed E-state index contributed by atoms with van der Waals surface area (Å²) in [7, 11) is -16.7. The Morgan fingerprint density at radius 2 is 1.76 bits per heavy atom. The summed E-state index contributed by atoms with van der Waals surface area (Å²) in [5, 5.41) is 19.3. The van der Waals surface area contributed by atoms with Crippen molar-refractivity contribution >= 4 is 23.5 Å². The maximum Gasteiger partial charge on any atom is 0.490 e. The summed E-state index contributed by atoms with van der Waals surface area (Å²) in [6.45, 7) is -0.939. The van der Waals surface area contributed by atoms with E-state index in [2.05, 4.69) is 13.1 Å². The molecule has 0 saturated carbocycles. The Bertz CT molecular complexity index is 1010. The molecule has 2 heterocycles. The van der Waals surface area contributed by atoms with Gasteiger partial charge in [-0.15, -0.1) is 0 Å². The molecule has 1 fully saturated rings. The number of ether oxygens (including phenoxy) is 1. The molecule has 0 aliphatic carbocycles. The first-order valence-electron chi connectivity index (χ1n) is 7.25. The Morgan fingerprint density at radius 1 is 1.14 bits per heavy atom. The zero-order chi connectivity index (χ0) is 22.2. The van der Waals surface area contributed by atoms with Gasteiger partial charge in [-0.1, -0.05) is 0 Å². The average molecular weight is 484 g/mol. The lowest BCUT2D eigenvalue weighted by Crippen LogP contribution is -2.32. The highest BCUT2D eigenvalue weighted by atomic mass is 31.3. The third kappa shape index (κ3) is 6.93. The molecule has 0 aromatic carbocycles. The SMILES string of the molecule is O=c1[nH]c(=O)n([C@H]2C[C@H](O)[C@@H](COP(=O)(O)OP(=O)(O)OP(=O)(O)O)O2)cc1O. The second-order valence-electron chi connectivity index (χ2n) is 5.50. The summed E-state index contributed by atoms with van der Waals surface area (Å²) < 4.78 is 50.7. The zero-order valence-corrected chi connectivity index (χ0v) is 16.6. The van der Waals surface area contributed by atoms with Crippen LogP contribution in [0.15, 0.2) is 15.8 Å². The first-order valence-corrected chi connectivity index (χ1v) is 11.8. The number of aliphatic hydroxyl groups excluding tert-OH is 1. The molecule has 5 atom stereocenters. The van der Waals surface area contributed by atoms with Crippen molar-refractivity contribution in [1.29, 1.82) is 0 Å². The summed E-state index contributed by atoms with van der Waals surface area (Å²) in [6, 6.07) is 0. The Morgan fingerprint density at radius 3 is 2.34 bits per heavy atom. The number of aromatic nitrogens is 2. The van der Waals surface area contributed by atoms with Gasteiger partial charge in [0.1, 0.15) is 12.3 Å². The molecule has 0 amide bonds. The fourth-order valence-electron chi connectivity index (χ4n) is 2.20. The molecular weight excluding hydrogens is 469 g/mol. The molecule has 0 spiro atoms. The summed E-state index contributed by atoms with van der Waals surface area (Å²) in [6.07, 6.45) is -3.55. The maximum absolute atomic E-state index is 11.7. The summed E-state index contributed by atoms with van der Waals surface area (Å²) in [4.78, 5) is 59.9. The number of aromatic hydroxyl groups is 1. The standard InChI is InChI=1S/C9H15N2O15P3/c12-4-1-7(11-2-5(13)8(14)10-9(11)15)24-6(4)3-23-28(19,20)26-29(21,22)25-27(16,17)18/h2,4,6-7,12-13H,1,3H2,(H,19,20)(H,21,22)(H,10,14,15)(H2,16,17,18)/t4-,6+,7+/m0/s1. The van der Waals surface area contributed by atoms with E-state index in [0.29, 0.717) is 0 Å². The quantitative estimate of drug-likeness (QED) is 0.201. The van der Waals surface area contributed by atoms with Gasteiger partial charge >= 0.3 is 29.2 Å². The van der Waals surface area contributed by atoms with E-state index >= 15 is 0 Å². The predicted molar refractivity (Wildman–Crippen MR) is 87.3 cm³/mol. The van der Waals surface area contributed by atoms with Gasteiger partial charge in [0.2, 0.25) is 0 Å². The normalized spacial score (nSPS) is 26.7. The van der Waals surface area contributed by atoms with Gasteiger partial charge in [0.15, 0.2) is 5.75 Å². The third-order valence-corrected chi connectivity index (χ3v) is 7.08. The van der Waals surface area contributed by atoms with Crippen molar-refractivity contribution < 1.29 is 61.4 Å². The van der Waals surface area contributed by atoms with Crippen molar-refractivity contribution in [3.05, 3.63) is 27.0 Å². The van der Waals surface area contributed by atoms with Gasteiger partial charge in [0.25, 0.3) is 5.56 Å². The molecule has 1 aliphatic rings. The third-order valence-electron chi connectivity index (χ3n) is 3.28. The molecule has 0 bridgehead atoms. The van der Waals surface area contributed by atoms with E-state index in [9.17, 15) is 38.4 Å². The molecule has 2 unspecified atom stereocenters. The number of phosphoric ester groups is 1. The number of phosphoric acid groups is 3. The van der Waals surface area contributed by atoms with Crippen LogP contribution in [0.4, 0.5) is 0 Å². The van der Waals surface area contributed by atoms with Crippen LogP contribution in [0, 0.1) is 0 Å². The molecule has 1 aromatic heterocycles. The van der Waals surface area contributed by atoms with Gasteiger partial charge in [-0.2, -0.15) is 8.62 Å². The van der Waals surface area contributed by atoms with Crippen molar-refractivity contribution in [3.63, 3.8) is 0 Å². The van der Waals surface area contributed by atoms with Crippen LogP contribution in [-0.2, 0) is 31.6 Å². The zero-order valence-electron chi connectivity index (χ0n) is 13.9.